The molecule has 1 aromatic carbocycles. The second kappa shape index (κ2) is 7.00. The van der Waals surface area contributed by atoms with Crippen LogP contribution in [0.15, 0.2) is 24.3 Å². The van der Waals surface area contributed by atoms with E-state index in [2.05, 4.69) is 23.6 Å². The summed E-state index contributed by atoms with van der Waals surface area (Å²) in [6, 6.07) is 8.46. The van der Waals surface area contributed by atoms with Crippen molar-refractivity contribution in [2.24, 2.45) is 0 Å². The Balaban J connectivity index is 2.13. The fourth-order valence-corrected chi connectivity index (χ4v) is 6.29. The molecule has 0 spiro atoms. The number of ether oxygens (including phenoxy) is 1. The van der Waals surface area contributed by atoms with Crippen LogP contribution >= 0.6 is 0 Å². The molecular formula is C17H27AsO2. The van der Waals surface area contributed by atoms with Gasteiger partial charge in [-0.1, -0.05) is 0 Å². The topological polar surface area (TPSA) is 29.5 Å². The summed E-state index contributed by atoms with van der Waals surface area (Å²) in [6.07, 6.45) is 6.59. The second-order valence-corrected chi connectivity index (χ2v) is 11.6. The van der Waals surface area contributed by atoms with Crippen LogP contribution in [0.25, 0.3) is 0 Å². The van der Waals surface area contributed by atoms with E-state index < -0.39 is 20.3 Å². The van der Waals surface area contributed by atoms with Crippen LogP contribution < -0.4 is 4.74 Å². The van der Waals surface area contributed by atoms with Gasteiger partial charge in [-0.15, -0.1) is 0 Å². The van der Waals surface area contributed by atoms with Gasteiger partial charge >= 0.3 is 127 Å². The van der Waals surface area contributed by atoms with Crippen LogP contribution in [0.2, 0.25) is 11.4 Å². The van der Waals surface area contributed by atoms with Gasteiger partial charge < -0.3 is 0 Å². The molecule has 2 rings (SSSR count). The van der Waals surface area contributed by atoms with Gasteiger partial charge in [0, 0.05) is 0 Å². The summed E-state index contributed by atoms with van der Waals surface area (Å²) in [5.74, 6) is 0.912. The minimum absolute atomic E-state index is 0.415. The molecule has 0 saturated heterocycles. The van der Waals surface area contributed by atoms with Crippen molar-refractivity contribution >= 4 is 14.7 Å². The Morgan fingerprint density at radius 2 is 1.75 bits per heavy atom. The predicted molar refractivity (Wildman–Crippen MR) is 85.9 cm³/mol. The fraction of sp³-hybridized carbons (Fsp3) is 0.647. The van der Waals surface area contributed by atoms with Gasteiger partial charge in [-0.3, -0.25) is 0 Å². The van der Waals surface area contributed by atoms with Gasteiger partial charge in [0.2, 0.25) is 0 Å². The zero-order valence-electron chi connectivity index (χ0n) is 12.9. The molecule has 1 aliphatic carbocycles. The zero-order valence-corrected chi connectivity index (χ0v) is 14.8. The minimum atomic E-state index is -0.922. The Kier molecular flexibility index (Phi) is 5.57. The van der Waals surface area contributed by atoms with E-state index in [0.717, 1.165) is 25.0 Å². The second-order valence-electron chi connectivity index (χ2n) is 6.24. The van der Waals surface area contributed by atoms with E-state index >= 15 is 0 Å². The van der Waals surface area contributed by atoms with Crippen LogP contribution in [0.1, 0.15) is 48.8 Å². The number of rotatable bonds is 5. The standard InChI is InChI=1S/C17H27AsO2/c1-18(2)16(13-17(19)11-5-4-6-12-17)14-7-9-15(20-3)10-8-14/h7-10,16,19H,4-6,11-13H2,1-3H3/t16-/m0/s1. The average Bonchev–Trinajstić information content (AvgIpc) is 2.45. The summed E-state index contributed by atoms with van der Waals surface area (Å²) in [5, 5.41) is 10.9. The van der Waals surface area contributed by atoms with Crippen LogP contribution in [0.5, 0.6) is 5.75 Å². The van der Waals surface area contributed by atoms with Gasteiger partial charge in [-0.25, -0.2) is 0 Å². The third-order valence-electron chi connectivity index (χ3n) is 4.48. The number of hydrogen-bond acceptors (Lipinski definition) is 2. The average molecular weight is 338 g/mol. The molecule has 0 radical (unpaired) electrons. The first-order valence-corrected chi connectivity index (χ1v) is 12.4. The normalized spacial score (nSPS) is 19.9. The van der Waals surface area contributed by atoms with Crippen molar-refractivity contribution in [2.75, 3.05) is 7.11 Å². The molecule has 0 aromatic heterocycles. The van der Waals surface area contributed by atoms with Crippen molar-refractivity contribution in [3.8, 4) is 5.75 Å². The first kappa shape index (κ1) is 15.9. The van der Waals surface area contributed by atoms with E-state index in [1.54, 1.807) is 7.11 Å². The summed E-state index contributed by atoms with van der Waals surface area (Å²) in [4.78, 5) is 0. The molecule has 0 bridgehead atoms. The predicted octanol–water partition coefficient (Wildman–Crippen LogP) is 4.16. The van der Waals surface area contributed by atoms with Crippen molar-refractivity contribution < 1.29 is 9.84 Å². The van der Waals surface area contributed by atoms with Crippen molar-refractivity contribution in [1.82, 2.24) is 0 Å². The number of hydrogen-bond donors (Lipinski definition) is 1. The molecule has 2 nitrogen and oxygen atoms in total. The number of methoxy groups -OCH3 is 1. The van der Waals surface area contributed by atoms with Gasteiger partial charge in [-0.05, 0) is 0 Å². The Morgan fingerprint density at radius 3 is 2.25 bits per heavy atom. The van der Waals surface area contributed by atoms with Gasteiger partial charge in [0.25, 0.3) is 0 Å². The van der Waals surface area contributed by atoms with Crippen LogP contribution in [0.4, 0.5) is 0 Å². The third-order valence-corrected chi connectivity index (χ3v) is 8.11. The van der Waals surface area contributed by atoms with E-state index in [0.29, 0.717) is 4.71 Å². The van der Waals surface area contributed by atoms with Crippen LogP contribution in [-0.2, 0) is 0 Å². The molecule has 0 amide bonds. The Hall–Kier alpha value is -0.462. The Labute approximate surface area is 127 Å². The molecule has 1 aromatic rings. The van der Waals surface area contributed by atoms with Gasteiger partial charge in [0.1, 0.15) is 0 Å². The summed E-state index contributed by atoms with van der Waals surface area (Å²) in [5.41, 5.74) is 5.76. The fourth-order valence-electron chi connectivity index (χ4n) is 3.20. The van der Waals surface area contributed by atoms with E-state index in [1.165, 1.54) is 24.8 Å². The molecule has 1 atom stereocenters. The van der Waals surface area contributed by atoms with E-state index in [9.17, 15) is 5.11 Å². The molecule has 3 heteroatoms. The molecule has 1 N–H and O–H groups in total. The van der Waals surface area contributed by atoms with Gasteiger partial charge in [0.15, 0.2) is 0 Å². The van der Waals surface area contributed by atoms with Crippen molar-refractivity contribution in [3.63, 3.8) is 0 Å². The summed E-state index contributed by atoms with van der Waals surface area (Å²) >= 11 is -0.922. The summed E-state index contributed by atoms with van der Waals surface area (Å²) < 4.78 is 5.81. The third kappa shape index (κ3) is 4.02. The number of benzene rings is 1. The number of aliphatic hydroxyl groups is 1. The van der Waals surface area contributed by atoms with E-state index in [4.69, 9.17) is 4.74 Å². The van der Waals surface area contributed by atoms with Crippen molar-refractivity contribution in [2.45, 2.75) is 60.3 Å². The molecule has 20 heavy (non-hydrogen) atoms. The Morgan fingerprint density at radius 1 is 1.15 bits per heavy atom. The maximum atomic E-state index is 10.9. The first-order valence-electron chi connectivity index (χ1n) is 7.57. The van der Waals surface area contributed by atoms with Crippen molar-refractivity contribution in [1.29, 1.82) is 0 Å². The van der Waals surface area contributed by atoms with Crippen LogP contribution in [0, 0.1) is 0 Å². The van der Waals surface area contributed by atoms with Gasteiger partial charge in [-0.2, -0.15) is 0 Å². The van der Waals surface area contributed by atoms with E-state index in [-0.39, 0.29) is 0 Å². The zero-order chi connectivity index (χ0) is 14.6. The maximum absolute atomic E-state index is 10.9. The van der Waals surface area contributed by atoms with E-state index in [1.807, 2.05) is 12.1 Å². The molecule has 1 fully saturated rings. The molecule has 112 valence electrons. The van der Waals surface area contributed by atoms with Crippen LogP contribution in [0.3, 0.4) is 0 Å². The van der Waals surface area contributed by atoms with Crippen molar-refractivity contribution in [3.05, 3.63) is 29.8 Å². The Bertz CT molecular complexity index is 408. The molecule has 1 saturated carbocycles. The summed E-state index contributed by atoms with van der Waals surface area (Å²) in [6.45, 7) is 0. The molecule has 0 aliphatic heterocycles. The molecular weight excluding hydrogens is 311 g/mol. The van der Waals surface area contributed by atoms with Crippen LogP contribution in [-0.4, -0.2) is 32.5 Å². The SMILES string of the molecule is COc1ccc([C@H](CC2(O)CCCCC2)[As](C)C)cc1. The molecule has 0 heterocycles. The summed E-state index contributed by atoms with van der Waals surface area (Å²) in [7, 11) is 1.70. The molecule has 1 aliphatic rings. The first-order chi connectivity index (χ1) is 9.54. The van der Waals surface area contributed by atoms with Gasteiger partial charge in [0.05, 0.1) is 0 Å². The monoisotopic (exact) mass is 338 g/mol. The molecule has 0 unspecified atom stereocenters. The quantitative estimate of drug-likeness (QED) is 0.817.